The number of rotatable bonds is 5. The normalized spacial score (nSPS) is 19.8. The molecule has 4 unspecified atom stereocenters. The van der Waals surface area contributed by atoms with Crippen molar-refractivity contribution >= 4 is 21.8 Å². The minimum Gasteiger partial charge on any atom is -0.489 e. The van der Waals surface area contributed by atoms with Gasteiger partial charge in [0, 0.05) is 61.9 Å². The molecule has 0 radical (unpaired) electrons. The topological polar surface area (TPSA) is 32.0 Å². The van der Waals surface area contributed by atoms with E-state index in [1.165, 1.54) is 32.9 Å². The smallest absolute Gasteiger partial charge is 0.123 e. The minimum absolute atomic E-state index is 0.0138. The van der Waals surface area contributed by atoms with Crippen molar-refractivity contribution in [3.05, 3.63) is 175 Å². The van der Waals surface area contributed by atoms with E-state index in [4.69, 9.17) is 9.84 Å². The number of fused-ring (bicyclic) bond motifs is 6. The number of benzene rings is 6. The average Bonchev–Trinajstić information content (AvgIpc) is 3.86. The van der Waals surface area contributed by atoms with E-state index < -0.39 is 0 Å². The van der Waals surface area contributed by atoms with Crippen LogP contribution in [0.4, 0.5) is 0 Å². The summed E-state index contributed by atoms with van der Waals surface area (Å²) in [6.07, 6.45) is 1.92. The van der Waals surface area contributed by atoms with E-state index in [-0.39, 0.29) is 24.0 Å². The molecule has 3 heterocycles. The first-order chi connectivity index (χ1) is 24.3. The molecule has 8 aromatic rings. The Morgan fingerprint density at radius 1 is 0.531 bits per heavy atom. The first kappa shape index (κ1) is 28.2. The first-order valence-corrected chi connectivity index (χ1v) is 17.4. The molecule has 4 heteroatoms. The summed E-state index contributed by atoms with van der Waals surface area (Å²) in [7, 11) is 0. The van der Waals surface area contributed by atoms with Crippen molar-refractivity contribution in [2.24, 2.45) is 0 Å². The maximum Gasteiger partial charge on any atom is 0.123 e. The molecule has 1 aliphatic heterocycles. The molecule has 1 fully saturated rings. The number of para-hydroxylation sites is 4. The van der Waals surface area contributed by atoms with E-state index in [1.54, 1.807) is 0 Å². The summed E-state index contributed by atoms with van der Waals surface area (Å²) in [5.74, 6) is 1.33. The van der Waals surface area contributed by atoms with E-state index in [9.17, 15) is 0 Å². The Bertz CT molecular complexity index is 2390. The van der Waals surface area contributed by atoms with Crippen LogP contribution in [0.2, 0.25) is 0 Å². The van der Waals surface area contributed by atoms with Crippen LogP contribution in [-0.2, 0) is 0 Å². The standard InChI is InChI=1S/C45H35N3O/c1-4-16-30(17-5-1)43-42(44(31-18-6-2-7-19-31)48(46-43)32-20-8-3-9-21-32)38-29-33(28-37-36-24-12-15-27-41(36)49-45(37)38)47-39-25-13-10-22-34(39)35-23-11-14-26-40(35)47/h1-27,33,37-38,45H,28-29H2. The van der Waals surface area contributed by atoms with Crippen LogP contribution in [0.15, 0.2) is 164 Å². The summed E-state index contributed by atoms with van der Waals surface area (Å²) in [6.45, 7) is 0. The van der Waals surface area contributed by atoms with Crippen molar-refractivity contribution in [3.8, 4) is 34.0 Å². The van der Waals surface area contributed by atoms with Gasteiger partial charge in [-0.25, -0.2) is 4.68 Å². The zero-order valence-electron chi connectivity index (χ0n) is 27.1. The van der Waals surface area contributed by atoms with E-state index in [2.05, 4.69) is 173 Å². The average molecular weight is 634 g/mol. The van der Waals surface area contributed by atoms with Gasteiger partial charge in [-0.05, 0) is 43.2 Å². The molecule has 6 aromatic carbocycles. The molecular weight excluding hydrogens is 599 g/mol. The molecule has 0 saturated heterocycles. The Balaban J connectivity index is 1.26. The number of hydrogen-bond acceptors (Lipinski definition) is 2. The summed E-state index contributed by atoms with van der Waals surface area (Å²) in [4.78, 5) is 0. The van der Waals surface area contributed by atoms with Gasteiger partial charge in [0.2, 0.25) is 0 Å². The molecule has 4 atom stereocenters. The first-order valence-electron chi connectivity index (χ1n) is 17.4. The van der Waals surface area contributed by atoms with Gasteiger partial charge in [-0.3, -0.25) is 0 Å². The van der Waals surface area contributed by atoms with Gasteiger partial charge in [-0.2, -0.15) is 5.10 Å². The van der Waals surface area contributed by atoms with Crippen LogP contribution in [0.3, 0.4) is 0 Å². The number of ether oxygens (including phenoxy) is 1. The highest BCUT2D eigenvalue weighted by molar-refractivity contribution is 6.08. The number of nitrogens with zero attached hydrogens (tertiary/aromatic N) is 3. The van der Waals surface area contributed by atoms with Crippen LogP contribution in [0.25, 0.3) is 50.0 Å². The van der Waals surface area contributed by atoms with Crippen molar-refractivity contribution in [2.75, 3.05) is 0 Å². The highest BCUT2D eigenvalue weighted by Crippen LogP contribution is 2.57. The monoisotopic (exact) mass is 633 g/mol. The van der Waals surface area contributed by atoms with Gasteiger partial charge in [0.15, 0.2) is 0 Å². The quantitative estimate of drug-likeness (QED) is 0.189. The molecule has 4 nitrogen and oxygen atoms in total. The van der Waals surface area contributed by atoms with Crippen LogP contribution < -0.4 is 4.74 Å². The predicted molar refractivity (Wildman–Crippen MR) is 198 cm³/mol. The van der Waals surface area contributed by atoms with Gasteiger partial charge in [0.1, 0.15) is 11.9 Å². The minimum atomic E-state index is -0.0138. The number of aromatic nitrogens is 3. The molecule has 49 heavy (non-hydrogen) atoms. The fourth-order valence-electron chi connectivity index (χ4n) is 8.80. The van der Waals surface area contributed by atoms with Crippen LogP contribution in [-0.4, -0.2) is 20.5 Å². The predicted octanol–water partition coefficient (Wildman–Crippen LogP) is 11.0. The Hall–Kier alpha value is -5.87. The second kappa shape index (κ2) is 11.4. The fourth-order valence-corrected chi connectivity index (χ4v) is 8.80. The van der Waals surface area contributed by atoms with Crippen molar-refractivity contribution in [1.82, 2.24) is 14.3 Å². The molecule has 0 bridgehead atoms. The Morgan fingerprint density at radius 2 is 1.08 bits per heavy atom. The molecule has 2 aromatic heterocycles. The third kappa shape index (κ3) is 4.48. The molecule has 2 aliphatic rings. The molecule has 0 amide bonds. The summed E-state index contributed by atoms with van der Waals surface area (Å²) in [6, 6.07) is 58.9. The third-order valence-electron chi connectivity index (χ3n) is 10.8. The van der Waals surface area contributed by atoms with Crippen LogP contribution in [0.5, 0.6) is 5.75 Å². The fraction of sp³-hybridized carbons (Fsp3) is 0.133. The lowest BCUT2D eigenvalue weighted by Gasteiger charge is -2.39. The zero-order valence-corrected chi connectivity index (χ0v) is 27.1. The van der Waals surface area contributed by atoms with Gasteiger partial charge >= 0.3 is 0 Å². The van der Waals surface area contributed by atoms with E-state index in [0.717, 1.165) is 46.8 Å². The second-order valence-corrected chi connectivity index (χ2v) is 13.5. The zero-order chi connectivity index (χ0) is 32.3. The molecular formula is C45H35N3O. The highest BCUT2D eigenvalue weighted by Gasteiger charge is 2.48. The Morgan fingerprint density at radius 3 is 1.78 bits per heavy atom. The van der Waals surface area contributed by atoms with Crippen molar-refractivity contribution in [3.63, 3.8) is 0 Å². The second-order valence-electron chi connectivity index (χ2n) is 13.5. The third-order valence-corrected chi connectivity index (χ3v) is 10.8. The largest absolute Gasteiger partial charge is 0.489 e. The van der Waals surface area contributed by atoms with Crippen molar-refractivity contribution in [1.29, 1.82) is 0 Å². The van der Waals surface area contributed by atoms with Crippen molar-refractivity contribution in [2.45, 2.75) is 36.8 Å². The Labute approximate surface area is 285 Å². The molecule has 1 aliphatic carbocycles. The number of hydrogen-bond donors (Lipinski definition) is 0. The highest BCUT2D eigenvalue weighted by atomic mass is 16.5. The van der Waals surface area contributed by atoms with Gasteiger partial charge < -0.3 is 9.30 Å². The van der Waals surface area contributed by atoms with Crippen molar-refractivity contribution < 1.29 is 4.74 Å². The van der Waals surface area contributed by atoms with E-state index in [1.807, 2.05) is 0 Å². The van der Waals surface area contributed by atoms with E-state index >= 15 is 0 Å². The van der Waals surface area contributed by atoms with Gasteiger partial charge in [0.05, 0.1) is 17.1 Å². The van der Waals surface area contributed by atoms with Gasteiger partial charge in [-0.1, -0.05) is 133 Å². The summed E-state index contributed by atoms with van der Waals surface area (Å²) in [5, 5.41) is 8.13. The molecule has 10 rings (SSSR count). The lowest BCUT2D eigenvalue weighted by Crippen LogP contribution is -2.36. The molecule has 0 N–H and O–H groups in total. The lowest BCUT2D eigenvalue weighted by atomic mass is 9.70. The molecule has 236 valence electrons. The summed E-state index contributed by atoms with van der Waals surface area (Å²) >= 11 is 0. The summed E-state index contributed by atoms with van der Waals surface area (Å²) in [5.41, 5.74) is 10.7. The Kier molecular flexibility index (Phi) is 6.54. The van der Waals surface area contributed by atoms with Crippen LogP contribution in [0.1, 0.15) is 41.8 Å². The van der Waals surface area contributed by atoms with Crippen LogP contribution in [0, 0.1) is 0 Å². The molecule has 1 saturated carbocycles. The lowest BCUT2D eigenvalue weighted by molar-refractivity contribution is 0.115. The maximum atomic E-state index is 7.07. The molecule has 0 spiro atoms. The maximum absolute atomic E-state index is 7.07. The van der Waals surface area contributed by atoms with Gasteiger partial charge in [-0.15, -0.1) is 0 Å². The van der Waals surface area contributed by atoms with Crippen LogP contribution >= 0.6 is 0 Å². The SMILES string of the molecule is c1ccc(-c2nn(-c3ccccc3)c(-c3ccccc3)c2C2CC(n3c4ccccc4c4ccccc43)CC3c4ccccc4OC32)cc1. The summed E-state index contributed by atoms with van der Waals surface area (Å²) < 4.78 is 11.9. The van der Waals surface area contributed by atoms with Gasteiger partial charge in [0.25, 0.3) is 0 Å². The van der Waals surface area contributed by atoms with E-state index in [0.29, 0.717) is 0 Å².